The predicted octanol–water partition coefficient (Wildman–Crippen LogP) is 2.65. The van der Waals surface area contributed by atoms with Gasteiger partial charge in [0.2, 0.25) is 11.8 Å². The highest BCUT2D eigenvalue weighted by Gasteiger charge is 2.54. The summed E-state index contributed by atoms with van der Waals surface area (Å²) in [5, 5.41) is 7.12. The Morgan fingerprint density at radius 1 is 1.15 bits per heavy atom. The number of carboxylic acids is 1. The number of pyridine rings is 1. The van der Waals surface area contributed by atoms with Gasteiger partial charge in [-0.2, -0.15) is 13.2 Å². The smallest absolute Gasteiger partial charge is 0.475 e. The van der Waals surface area contributed by atoms with Crippen molar-refractivity contribution in [2.75, 3.05) is 45.2 Å². The van der Waals surface area contributed by atoms with Gasteiger partial charge in [0.1, 0.15) is 5.82 Å². The summed E-state index contributed by atoms with van der Waals surface area (Å²) in [5.41, 5.74) is -0.421. The second-order valence-electron chi connectivity index (χ2n) is 9.44. The van der Waals surface area contributed by atoms with E-state index in [4.69, 9.17) is 9.90 Å². The summed E-state index contributed by atoms with van der Waals surface area (Å²) in [7, 11) is 3.69. The molecule has 1 aromatic rings. The maximum Gasteiger partial charge on any atom is 0.490 e. The van der Waals surface area contributed by atoms with E-state index in [2.05, 4.69) is 14.8 Å². The van der Waals surface area contributed by atoms with Crippen molar-refractivity contribution in [3.8, 4) is 0 Å². The number of anilines is 1. The van der Waals surface area contributed by atoms with Crippen molar-refractivity contribution in [2.45, 2.75) is 38.3 Å². The molecule has 0 aromatic carbocycles. The quantitative estimate of drug-likeness (QED) is 0.709. The maximum atomic E-state index is 13.3. The summed E-state index contributed by atoms with van der Waals surface area (Å²) in [6.07, 6.45) is 1.68. The number of fused-ring (bicyclic) bond motifs is 1. The molecule has 0 radical (unpaired) electrons. The standard InChI is InChI=1S/C21H30N4O2.C2HF3O2/c1-23(2)20(27)21-10-6-12-24(19(26)16-7-5-8-16)13-17(21)14-25(15-21)18-9-3-4-11-22-18;3-2(4,5)1(6)7/h3-4,9,11,16-17H,5-8,10,12-15H2,1-2H3;(H,6,7)/t17-,21-;/m0./s1. The second-order valence-corrected chi connectivity index (χ2v) is 9.44. The first-order chi connectivity index (χ1) is 16.0. The molecule has 3 aliphatic rings. The fraction of sp³-hybridized carbons (Fsp3) is 0.652. The topological polar surface area (TPSA) is 94.1 Å². The van der Waals surface area contributed by atoms with Crippen molar-refractivity contribution in [1.82, 2.24) is 14.8 Å². The van der Waals surface area contributed by atoms with E-state index >= 15 is 0 Å². The van der Waals surface area contributed by atoms with Crippen LogP contribution in [0.4, 0.5) is 19.0 Å². The van der Waals surface area contributed by atoms with E-state index < -0.39 is 17.6 Å². The Bertz CT molecular complexity index is 892. The molecule has 2 aliphatic heterocycles. The largest absolute Gasteiger partial charge is 0.490 e. The van der Waals surface area contributed by atoms with E-state index in [1.807, 2.05) is 32.3 Å². The Morgan fingerprint density at radius 2 is 1.82 bits per heavy atom. The number of carboxylic acid groups (broad SMARTS) is 1. The van der Waals surface area contributed by atoms with Gasteiger partial charge < -0.3 is 19.8 Å². The molecular weight excluding hydrogens is 453 g/mol. The zero-order chi connectivity index (χ0) is 25.1. The molecule has 4 rings (SSSR count). The number of aromatic nitrogens is 1. The number of nitrogens with zero attached hydrogens (tertiary/aromatic N) is 4. The lowest BCUT2D eigenvalue weighted by molar-refractivity contribution is -0.192. The monoisotopic (exact) mass is 484 g/mol. The second kappa shape index (κ2) is 10.2. The SMILES string of the molecule is CN(C)C(=O)[C@]12CCCN(C(=O)C3CCC3)C[C@H]1CN(c1ccccn1)C2.O=C(O)C(F)(F)F. The van der Waals surface area contributed by atoms with Gasteiger partial charge in [0.25, 0.3) is 0 Å². The van der Waals surface area contributed by atoms with Crippen LogP contribution in [0.3, 0.4) is 0 Å². The average molecular weight is 485 g/mol. The van der Waals surface area contributed by atoms with Gasteiger partial charge >= 0.3 is 12.1 Å². The van der Waals surface area contributed by atoms with Crippen LogP contribution in [0.15, 0.2) is 24.4 Å². The lowest BCUT2D eigenvalue weighted by Crippen LogP contribution is -2.48. The third-order valence-corrected chi connectivity index (χ3v) is 7.00. The number of halogens is 3. The Morgan fingerprint density at radius 3 is 2.32 bits per heavy atom. The number of carbonyl (C=O) groups is 3. The number of carbonyl (C=O) groups excluding carboxylic acids is 2. The van der Waals surface area contributed by atoms with Crippen molar-refractivity contribution in [3.63, 3.8) is 0 Å². The highest BCUT2D eigenvalue weighted by molar-refractivity contribution is 5.85. The van der Waals surface area contributed by atoms with Gasteiger partial charge in [0.05, 0.1) is 5.41 Å². The van der Waals surface area contributed by atoms with Crippen LogP contribution in [0, 0.1) is 17.3 Å². The third-order valence-electron chi connectivity index (χ3n) is 7.00. The molecule has 1 saturated carbocycles. The Kier molecular flexibility index (Phi) is 7.72. The molecule has 2 saturated heterocycles. The van der Waals surface area contributed by atoms with Crippen LogP contribution >= 0.6 is 0 Å². The zero-order valence-corrected chi connectivity index (χ0v) is 19.4. The molecule has 3 fully saturated rings. The number of likely N-dealkylation sites (tertiary alicyclic amines) is 1. The summed E-state index contributed by atoms with van der Waals surface area (Å²) in [6.45, 7) is 2.96. The van der Waals surface area contributed by atoms with Gasteiger partial charge in [-0.05, 0) is 37.8 Å². The van der Waals surface area contributed by atoms with Crippen LogP contribution in [0.25, 0.3) is 0 Å². The predicted molar refractivity (Wildman–Crippen MR) is 118 cm³/mol. The highest BCUT2D eigenvalue weighted by atomic mass is 19.4. The Labute approximate surface area is 196 Å². The van der Waals surface area contributed by atoms with Crippen molar-refractivity contribution < 1.29 is 32.7 Å². The molecule has 3 heterocycles. The fourth-order valence-corrected chi connectivity index (χ4v) is 5.06. The molecule has 188 valence electrons. The molecule has 0 spiro atoms. The highest BCUT2D eigenvalue weighted by Crippen LogP contribution is 2.45. The molecule has 0 unspecified atom stereocenters. The number of aliphatic carboxylic acids is 1. The molecule has 8 nitrogen and oxygen atoms in total. The lowest BCUT2D eigenvalue weighted by atomic mass is 9.74. The molecule has 11 heteroatoms. The van der Waals surface area contributed by atoms with Crippen LogP contribution in [-0.4, -0.2) is 84.1 Å². The molecule has 0 bridgehead atoms. The first-order valence-electron chi connectivity index (χ1n) is 11.4. The van der Waals surface area contributed by atoms with Crippen LogP contribution in [0.2, 0.25) is 0 Å². The molecule has 2 amide bonds. The first-order valence-corrected chi connectivity index (χ1v) is 11.4. The van der Waals surface area contributed by atoms with E-state index in [0.717, 1.165) is 44.6 Å². The Balaban J connectivity index is 0.000000406. The lowest BCUT2D eigenvalue weighted by Gasteiger charge is -2.35. The number of alkyl halides is 3. The van der Waals surface area contributed by atoms with Crippen molar-refractivity contribution in [1.29, 1.82) is 0 Å². The molecule has 1 aromatic heterocycles. The summed E-state index contributed by atoms with van der Waals surface area (Å²) in [4.78, 5) is 45.6. The van der Waals surface area contributed by atoms with E-state index in [1.165, 1.54) is 6.42 Å². The van der Waals surface area contributed by atoms with Crippen molar-refractivity contribution in [2.24, 2.45) is 17.3 Å². The molecule has 1 N–H and O–H groups in total. The summed E-state index contributed by atoms with van der Waals surface area (Å²) < 4.78 is 31.7. The fourth-order valence-electron chi connectivity index (χ4n) is 5.06. The van der Waals surface area contributed by atoms with Crippen LogP contribution in [0.5, 0.6) is 0 Å². The van der Waals surface area contributed by atoms with Gasteiger partial charge in [-0.25, -0.2) is 9.78 Å². The molecule has 34 heavy (non-hydrogen) atoms. The summed E-state index contributed by atoms with van der Waals surface area (Å²) >= 11 is 0. The van der Waals surface area contributed by atoms with Crippen molar-refractivity contribution in [3.05, 3.63) is 24.4 Å². The van der Waals surface area contributed by atoms with Crippen LogP contribution < -0.4 is 4.90 Å². The molecule has 1 aliphatic carbocycles. The molecular formula is C23H31F3N4O4. The van der Waals surface area contributed by atoms with Gasteiger partial charge in [0, 0.05) is 58.3 Å². The Hall–Kier alpha value is -2.85. The minimum atomic E-state index is -5.08. The molecule has 2 atom stereocenters. The van der Waals surface area contributed by atoms with Crippen molar-refractivity contribution >= 4 is 23.6 Å². The number of amides is 2. The number of rotatable bonds is 3. The van der Waals surface area contributed by atoms with Gasteiger partial charge in [-0.15, -0.1) is 0 Å². The van der Waals surface area contributed by atoms with E-state index in [-0.39, 0.29) is 17.7 Å². The number of hydrogen-bond donors (Lipinski definition) is 1. The van der Waals surface area contributed by atoms with E-state index in [1.54, 1.807) is 11.1 Å². The normalized spacial score (nSPS) is 24.8. The number of hydrogen-bond acceptors (Lipinski definition) is 5. The average Bonchev–Trinajstić information content (AvgIpc) is 3.01. The summed E-state index contributed by atoms with van der Waals surface area (Å²) in [6, 6.07) is 5.91. The first kappa shape index (κ1) is 25.8. The van der Waals surface area contributed by atoms with E-state index in [0.29, 0.717) is 19.0 Å². The maximum absolute atomic E-state index is 13.3. The summed E-state index contributed by atoms with van der Waals surface area (Å²) in [5.74, 6) is -0.952. The van der Waals surface area contributed by atoms with Crippen LogP contribution in [0.1, 0.15) is 32.1 Å². The minimum absolute atomic E-state index is 0.154. The third kappa shape index (κ3) is 5.44. The van der Waals surface area contributed by atoms with Gasteiger partial charge in [0.15, 0.2) is 0 Å². The van der Waals surface area contributed by atoms with E-state index in [9.17, 15) is 22.8 Å². The van der Waals surface area contributed by atoms with Gasteiger partial charge in [-0.3, -0.25) is 9.59 Å². The zero-order valence-electron chi connectivity index (χ0n) is 19.4. The van der Waals surface area contributed by atoms with Crippen LogP contribution in [-0.2, 0) is 14.4 Å². The van der Waals surface area contributed by atoms with Gasteiger partial charge in [-0.1, -0.05) is 12.5 Å². The minimum Gasteiger partial charge on any atom is -0.475 e.